The van der Waals surface area contributed by atoms with Gasteiger partial charge in [0.25, 0.3) is 5.91 Å². The summed E-state index contributed by atoms with van der Waals surface area (Å²) < 4.78 is 5.91. The summed E-state index contributed by atoms with van der Waals surface area (Å²) in [5.74, 6) is 0.466. The van der Waals surface area contributed by atoms with Gasteiger partial charge in [0.2, 0.25) is 5.91 Å². The zero-order chi connectivity index (χ0) is 23.1. The van der Waals surface area contributed by atoms with E-state index in [0.717, 1.165) is 47.9 Å². The van der Waals surface area contributed by atoms with Gasteiger partial charge in [0, 0.05) is 12.6 Å². The number of nitrogens with one attached hydrogen (secondary N) is 1. The van der Waals surface area contributed by atoms with Crippen LogP contribution in [0.4, 0.5) is 0 Å². The molecule has 1 saturated carbocycles. The summed E-state index contributed by atoms with van der Waals surface area (Å²) in [5, 5.41) is 3.18. The van der Waals surface area contributed by atoms with Gasteiger partial charge in [0.05, 0.1) is 0 Å². The monoisotopic (exact) mass is 436 g/mol. The molecule has 0 bridgehead atoms. The third-order valence-electron chi connectivity index (χ3n) is 6.60. The maximum atomic E-state index is 13.4. The summed E-state index contributed by atoms with van der Waals surface area (Å²) in [6.07, 6.45) is 4.89. The highest BCUT2D eigenvalue weighted by atomic mass is 16.5. The number of nitrogens with zero attached hydrogens (tertiary/aromatic N) is 1. The molecule has 1 aliphatic rings. The largest absolute Gasteiger partial charge is 0.483 e. The quantitative estimate of drug-likeness (QED) is 0.611. The highest BCUT2D eigenvalue weighted by Gasteiger charge is 2.31. The summed E-state index contributed by atoms with van der Waals surface area (Å²) in [7, 11) is 0. The van der Waals surface area contributed by atoms with Crippen LogP contribution in [0.3, 0.4) is 0 Å². The fourth-order valence-corrected chi connectivity index (χ4v) is 4.36. The van der Waals surface area contributed by atoms with Crippen molar-refractivity contribution in [3.8, 4) is 5.75 Å². The van der Waals surface area contributed by atoms with E-state index in [1.54, 1.807) is 4.90 Å². The Morgan fingerprint density at radius 2 is 1.72 bits per heavy atom. The molecule has 0 unspecified atom stereocenters. The molecule has 32 heavy (non-hydrogen) atoms. The second-order valence-corrected chi connectivity index (χ2v) is 8.85. The number of carbonyl (C=O) groups is 2. The van der Waals surface area contributed by atoms with Crippen LogP contribution in [0.15, 0.2) is 42.5 Å². The summed E-state index contributed by atoms with van der Waals surface area (Å²) >= 11 is 0. The molecule has 1 aliphatic carbocycles. The van der Waals surface area contributed by atoms with Crippen molar-refractivity contribution in [1.29, 1.82) is 0 Å². The van der Waals surface area contributed by atoms with E-state index in [9.17, 15) is 9.59 Å². The van der Waals surface area contributed by atoms with Gasteiger partial charge in [-0.2, -0.15) is 0 Å². The number of benzene rings is 2. The molecular formula is C27H36N2O3. The van der Waals surface area contributed by atoms with Crippen molar-refractivity contribution in [3.63, 3.8) is 0 Å². The zero-order valence-corrected chi connectivity index (χ0v) is 19.8. The molecule has 2 aromatic rings. The molecule has 0 spiro atoms. The Hall–Kier alpha value is -2.82. The molecule has 2 amide bonds. The van der Waals surface area contributed by atoms with Crippen molar-refractivity contribution in [3.05, 3.63) is 64.7 Å². The molecule has 0 heterocycles. The Morgan fingerprint density at radius 1 is 1.03 bits per heavy atom. The maximum Gasteiger partial charge on any atom is 0.261 e. The topological polar surface area (TPSA) is 58.6 Å². The molecule has 3 rings (SSSR count). The Balaban J connectivity index is 1.79. The minimum absolute atomic E-state index is 0.0620. The number of aryl methyl sites for hydroxylation is 2. The van der Waals surface area contributed by atoms with Gasteiger partial charge in [-0.3, -0.25) is 9.59 Å². The average molecular weight is 437 g/mol. The molecule has 1 N–H and O–H groups in total. The molecular weight excluding hydrogens is 400 g/mol. The van der Waals surface area contributed by atoms with Crippen LogP contribution >= 0.6 is 0 Å². The van der Waals surface area contributed by atoms with Gasteiger partial charge in [-0.15, -0.1) is 0 Å². The summed E-state index contributed by atoms with van der Waals surface area (Å²) in [6.45, 7) is 8.30. The number of carbonyl (C=O) groups excluding carboxylic acids is 2. The van der Waals surface area contributed by atoms with Crippen LogP contribution in [0, 0.1) is 20.8 Å². The maximum absolute atomic E-state index is 13.4. The minimum atomic E-state index is -0.523. The number of hydrogen-bond donors (Lipinski definition) is 1. The Labute approximate surface area is 192 Å². The van der Waals surface area contributed by atoms with Gasteiger partial charge in [-0.1, -0.05) is 56.2 Å². The lowest BCUT2D eigenvalue weighted by Crippen LogP contribution is -2.52. The van der Waals surface area contributed by atoms with Crippen LogP contribution in [-0.2, 0) is 16.1 Å². The van der Waals surface area contributed by atoms with Crippen LogP contribution in [0.2, 0.25) is 0 Å². The van der Waals surface area contributed by atoms with Gasteiger partial charge in [0.15, 0.2) is 6.61 Å². The van der Waals surface area contributed by atoms with Crippen LogP contribution < -0.4 is 10.1 Å². The third kappa shape index (κ3) is 5.90. The van der Waals surface area contributed by atoms with Crippen molar-refractivity contribution in [2.75, 3.05) is 6.61 Å². The average Bonchev–Trinajstić information content (AvgIpc) is 3.28. The standard InChI is InChI=1S/C27H36N2O3/c1-5-24(27(31)28-23-14-8-9-15-23)29(17-22-13-7-6-11-20(22)3)26(30)18-32-25-16-10-12-19(2)21(25)4/h6-7,10-13,16,23-24H,5,8-9,14-15,17-18H2,1-4H3,(H,28,31)/t24-/m0/s1. The SMILES string of the molecule is CC[C@@H](C(=O)NC1CCCC1)N(Cc1ccccc1C)C(=O)COc1cccc(C)c1C. The summed E-state index contributed by atoms with van der Waals surface area (Å²) in [6, 6.07) is 13.5. The van der Waals surface area contributed by atoms with Crippen molar-refractivity contribution in [2.24, 2.45) is 0 Å². The van der Waals surface area contributed by atoms with Gasteiger partial charge >= 0.3 is 0 Å². The fourth-order valence-electron chi connectivity index (χ4n) is 4.36. The number of amides is 2. The van der Waals surface area contributed by atoms with E-state index in [-0.39, 0.29) is 24.5 Å². The molecule has 172 valence electrons. The number of rotatable bonds is 9. The first-order valence-corrected chi connectivity index (χ1v) is 11.7. The van der Waals surface area contributed by atoms with Crippen LogP contribution in [0.5, 0.6) is 5.75 Å². The first kappa shape index (κ1) is 23.8. The molecule has 5 nitrogen and oxygen atoms in total. The molecule has 0 aliphatic heterocycles. The van der Waals surface area contributed by atoms with E-state index >= 15 is 0 Å². The van der Waals surface area contributed by atoms with Gasteiger partial charge in [-0.25, -0.2) is 0 Å². The molecule has 0 saturated heterocycles. The van der Waals surface area contributed by atoms with E-state index in [2.05, 4.69) is 5.32 Å². The van der Waals surface area contributed by atoms with Crippen molar-refractivity contribution in [1.82, 2.24) is 10.2 Å². The second-order valence-electron chi connectivity index (χ2n) is 8.85. The smallest absolute Gasteiger partial charge is 0.261 e. The number of ether oxygens (including phenoxy) is 1. The molecule has 1 fully saturated rings. The first-order chi connectivity index (χ1) is 15.4. The Bertz CT molecular complexity index is 934. The predicted molar refractivity (Wildman–Crippen MR) is 128 cm³/mol. The van der Waals surface area contributed by atoms with Crippen molar-refractivity contribution >= 4 is 11.8 Å². The Kier molecular flexibility index (Phi) is 8.32. The number of hydrogen-bond acceptors (Lipinski definition) is 3. The lowest BCUT2D eigenvalue weighted by molar-refractivity contribution is -0.143. The summed E-state index contributed by atoms with van der Waals surface area (Å²) in [4.78, 5) is 28.3. The lowest BCUT2D eigenvalue weighted by atomic mass is 10.1. The Morgan fingerprint density at radius 3 is 2.41 bits per heavy atom. The van der Waals surface area contributed by atoms with E-state index in [1.165, 1.54) is 0 Å². The van der Waals surface area contributed by atoms with Gasteiger partial charge in [-0.05, 0) is 68.4 Å². The normalized spacial score (nSPS) is 14.8. The minimum Gasteiger partial charge on any atom is -0.483 e. The van der Waals surface area contributed by atoms with Crippen LogP contribution in [-0.4, -0.2) is 35.4 Å². The first-order valence-electron chi connectivity index (χ1n) is 11.7. The van der Waals surface area contributed by atoms with Crippen LogP contribution in [0.25, 0.3) is 0 Å². The van der Waals surface area contributed by atoms with E-state index in [0.29, 0.717) is 18.7 Å². The second kappa shape index (κ2) is 11.2. The van der Waals surface area contributed by atoms with Gasteiger partial charge < -0.3 is 15.0 Å². The third-order valence-corrected chi connectivity index (χ3v) is 6.60. The molecule has 0 radical (unpaired) electrons. The van der Waals surface area contributed by atoms with E-state index in [4.69, 9.17) is 4.74 Å². The summed E-state index contributed by atoms with van der Waals surface area (Å²) in [5.41, 5.74) is 4.29. The van der Waals surface area contributed by atoms with E-state index in [1.807, 2.05) is 70.2 Å². The van der Waals surface area contributed by atoms with E-state index < -0.39 is 6.04 Å². The highest BCUT2D eigenvalue weighted by Crippen LogP contribution is 2.22. The molecule has 1 atom stereocenters. The van der Waals surface area contributed by atoms with Gasteiger partial charge in [0.1, 0.15) is 11.8 Å². The fraction of sp³-hybridized carbons (Fsp3) is 0.481. The lowest BCUT2D eigenvalue weighted by Gasteiger charge is -2.32. The van der Waals surface area contributed by atoms with Crippen molar-refractivity contribution in [2.45, 2.75) is 78.4 Å². The molecule has 0 aromatic heterocycles. The molecule has 5 heteroatoms. The van der Waals surface area contributed by atoms with Crippen LogP contribution in [0.1, 0.15) is 61.3 Å². The highest BCUT2D eigenvalue weighted by molar-refractivity contribution is 5.88. The molecule has 2 aromatic carbocycles. The zero-order valence-electron chi connectivity index (χ0n) is 19.8. The van der Waals surface area contributed by atoms with Crippen molar-refractivity contribution < 1.29 is 14.3 Å². The predicted octanol–water partition coefficient (Wildman–Crippen LogP) is 4.86.